The predicted octanol–water partition coefficient (Wildman–Crippen LogP) is 10.8. The van der Waals surface area contributed by atoms with Gasteiger partial charge in [0, 0.05) is 12.8 Å². The Morgan fingerprint density at radius 2 is 1.00 bits per heavy atom. The van der Waals surface area contributed by atoms with Crippen LogP contribution >= 0.6 is 7.82 Å². The van der Waals surface area contributed by atoms with Crippen LogP contribution in [0.1, 0.15) is 181 Å². The standard InChI is InChI=1S/C37H69O8P/c1-3-5-7-9-11-13-15-16-17-18-19-20-22-23-25-27-29-31-36(38)43-33-35(34-44-46(40,41)42)45-37(39)32-30-28-26-24-21-14-12-10-8-6-4-2/h19-20,23,25,35H,3-18,21-22,24,26-34H2,1-2H3,(H2,40,41,42)/b20-19+,25-23+/t35-/m1/s1. The molecule has 0 unspecified atom stereocenters. The van der Waals surface area contributed by atoms with Crippen LogP contribution in [0.4, 0.5) is 0 Å². The Hall–Kier alpha value is -1.47. The van der Waals surface area contributed by atoms with E-state index in [9.17, 15) is 14.2 Å². The minimum absolute atomic E-state index is 0.206. The Kier molecular flexibility index (Phi) is 32.4. The number of esters is 2. The highest BCUT2D eigenvalue weighted by Crippen LogP contribution is 2.36. The highest BCUT2D eigenvalue weighted by molar-refractivity contribution is 7.46. The number of phosphoric ester groups is 1. The lowest BCUT2D eigenvalue weighted by atomic mass is 10.1. The van der Waals surface area contributed by atoms with Crippen molar-refractivity contribution >= 4 is 19.8 Å². The van der Waals surface area contributed by atoms with E-state index in [1.54, 1.807) is 0 Å². The first-order valence-electron chi connectivity index (χ1n) is 18.6. The maximum Gasteiger partial charge on any atom is 0.469 e. The predicted molar refractivity (Wildman–Crippen MR) is 189 cm³/mol. The van der Waals surface area contributed by atoms with Crippen LogP contribution in [0.15, 0.2) is 24.3 Å². The average Bonchev–Trinajstić information content (AvgIpc) is 3.02. The van der Waals surface area contributed by atoms with Crippen molar-refractivity contribution in [2.45, 2.75) is 187 Å². The molecule has 2 N–H and O–H groups in total. The fourth-order valence-corrected chi connectivity index (χ4v) is 5.54. The van der Waals surface area contributed by atoms with E-state index >= 15 is 0 Å². The molecular formula is C37H69O8P. The molecule has 270 valence electrons. The van der Waals surface area contributed by atoms with Gasteiger partial charge < -0.3 is 19.3 Å². The third-order valence-corrected chi connectivity index (χ3v) is 8.46. The molecule has 0 amide bonds. The Bertz CT molecular complexity index is 807. The van der Waals surface area contributed by atoms with Crippen molar-refractivity contribution in [2.75, 3.05) is 13.2 Å². The summed E-state index contributed by atoms with van der Waals surface area (Å²) < 4.78 is 26.2. The highest BCUT2D eigenvalue weighted by atomic mass is 31.2. The summed E-state index contributed by atoms with van der Waals surface area (Å²) in [6.45, 7) is 3.63. The number of unbranched alkanes of at least 4 members (excludes halogenated alkanes) is 20. The maximum absolute atomic E-state index is 12.3. The Balaban J connectivity index is 4.01. The first-order chi connectivity index (χ1) is 22.3. The Morgan fingerprint density at radius 1 is 0.565 bits per heavy atom. The molecule has 0 spiro atoms. The molecule has 0 heterocycles. The van der Waals surface area contributed by atoms with Gasteiger partial charge in [-0.05, 0) is 38.5 Å². The molecule has 0 radical (unpaired) electrons. The summed E-state index contributed by atoms with van der Waals surface area (Å²) in [5.41, 5.74) is 0. The summed E-state index contributed by atoms with van der Waals surface area (Å²) in [4.78, 5) is 42.6. The topological polar surface area (TPSA) is 119 Å². The van der Waals surface area contributed by atoms with Gasteiger partial charge in [-0.1, -0.05) is 154 Å². The average molecular weight is 673 g/mol. The molecule has 0 aliphatic heterocycles. The third kappa shape index (κ3) is 35.4. The molecule has 46 heavy (non-hydrogen) atoms. The van der Waals surface area contributed by atoms with E-state index in [-0.39, 0.29) is 19.4 Å². The van der Waals surface area contributed by atoms with Crippen molar-refractivity contribution in [1.82, 2.24) is 0 Å². The van der Waals surface area contributed by atoms with Gasteiger partial charge in [0.25, 0.3) is 0 Å². The molecule has 0 fully saturated rings. The largest absolute Gasteiger partial charge is 0.469 e. The van der Waals surface area contributed by atoms with E-state index in [0.717, 1.165) is 38.5 Å². The molecule has 0 saturated heterocycles. The van der Waals surface area contributed by atoms with Gasteiger partial charge in [-0.15, -0.1) is 0 Å². The second kappa shape index (κ2) is 33.4. The molecule has 1 atom stereocenters. The normalized spacial score (nSPS) is 12.7. The molecule has 0 aromatic rings. The first kappa shape index (κ1) is 44.5. The van der Waals surface area contributed by atoms with E-state index in [1.807, 2.05) is 0 Å². The van der Waals surface area contributed by atoms with Crippen LogP contribution < -0.4 is 0 Å². The number of carbonyl (C=O) groups is 2. The molecule has 0 bridgehead atoms. The van der Waals surface area contributed by atoms with Gasteiger partial charge in [-0.2, -0.15) is 0 Å². The number of hydrogen-bond donors (Lipinski definition) is 2. The van der Waals surface area contributed by atoms with Crippen LogP contribution in [0.5, 0.6) is 0 Å². The molecule has 0 aromatic carbocycles. The fourth-order valence-electron chi connectivity index (χ4n) is 5.18. The van der Waals surface area contributed by atoms with Gasteiger partial charge in [0.1, 0.15) is 6.61 Å². The zero-order valence-corrected chi connectivity index (χ0v) is 30.4. The minimum Gasteiger partial charge on any atom is -0.462 e. The molecular weight excluding hydrogens is 603 g/mol. The second-order valence-corrected chi connectivity index (χ2v) is 13.8. The molecule has 0 aliphatic carbocycles. The van der Waals surface area contributed by atoms with Gasteiger partial charge in [0.15, 0.2) is 6.10 Å². The quantitative estimate of drug-likeness (QED) is 0.0300. The lowest BCUT2D eigenvalue weighted by Gasteiger charge is -2.18. The van der Waals surface area contributed by atoms with E-state index in [1.165, 1.54) is 103 Å². The second-order valence-electron chi connectivity index (χ2n) is 12.6. The SMILES string of the molecule is CCCCCCCCCCC/C=C/C/C=C/CCCC(=O)OC[C@H](COP(=O)(O)O)OC(=O)CCCCCCCCCCCCC. The molecule has 8 nitrogen and oxygen atoms in total. The van der Waals surface area contributed by atoms with Crippen molar-refractivity contribution in [1.29, 1.82) is 0 Å². The van der Waals surface area contributed by atoms with Crippen LogP contribution in [-0.4, -0.2) is 41.0 Å². The minimum atomic E-state index is -4.75. The summed E-state index contributed by atoms with van der Waals surface area (Å²) in [5, 5.41) is 0. The van der Waals surface area contributed by atoms with Crippen molar-refractivity contribution in [3.05, 3.63) is 24.3 Å². The molecule has 0 aromatic heterocycles. The van der Waals surface area contributed by atoms with Gasteiger partial charge in [-0.25, -0.2) is 4.57 Å². The van der Waals surface area contributed by atoms with Crippen LogP contribution in [0.3, 0.4) is 0 Å². The van der Waals surface area contributed by atoms with Gasteiger partial charge in [0.2, 0.25) is 0 Å². The highest BCUT2D eigenvalue weighted by Gasteiger charge is 2.22. The zero-order chi connectivity index (χ0) is 34.0. The van der Waals surface area contributed by atoms with Crippen molar-refractivity contribution < 1.29 is 37.9 Å². The fraction of sp³-hybridized carbons (Fsp3) is 0.838. The third-order valence-electron chi connectivity index (χ3n) is 7.97. The van der Waals surface area contributed by atoms with Gasteiger partial charge in [-0.3, -0.25) is 14.1 Å². The first-order valence-corrected chi connectivity index (χ1v) is 20.2. The lowest BCUT2D eigenvalue weighted by Crippen LogP contribution is -2.29. The summed E-state index contributed by atoms with van der Waals surface area (Å²) in [5.74, 6) is -0.935. The van der Waals surface area contributed by atoms with E-state index < -0.39 is 32.5 Å². The molecule has 0 rings (SSSR count). The van der Waals surface area contributed by atoms with E-state index in [4.69, 9.17) is 19.3 Å². The number of carbonyl (C=O) groups excluding carboxylic acids is 2. The molecule has 0 saturated carbocycles. The lowest BCUT2D eigenvalue weighted by molar-refractivity contribution is -0.161. The maximum atomic E-state index is 12.3. The van der Waals surface area contributed by atoms with Crippen molar-refractivity contribution in [3.8, 4) is 0 Å². The number of hydrogen-bond acceptors (Lipinski definition) is 6. The van der Waals surface area contributed by atoms with Gasteiger partial charge in [0.05, 0.1) is 6.61 Å². The Labute approximate surface area is 281 Å². The summed E-state index contributed by atoms with van der Waals surface area (Å²) in [6, 6.07) is 0. The molecule has 9 heteroatoms. The summed E-state index contributed by atoms with van der Waals surface area (Å²) in [7, 11) is -4.75. The van der Waals surface area contributed by atoms with Gasteiger partial charge >= 0.3 is 19.8 Å². The van der Waals surface area contributed by atoms with Crippen LogP contribution in [-0.2, 0) is 28.2 Å². The smallest absolute Gasteiger partial charge is 0.462 e. The number of ether oxygens (including phenoxy) is 2. The Morgan fingerprint density at radius 3 is 1.50 bits per heavy atom. The van der Waals surface area contributed by atoms with Crippen molar-refractivity contribution in [2.24, 2.45) is 0 Å². The zero-order valence-electron chi connectivity index (χ0n) is 29.5. The molecule has 0 aliphatic rings. The van der Waals surface area contributed by atoms with Crippen LogP contribution in [0.25, 0.3) is 0 Å². The van der Waals surface area contributed by atoms with E-state index in [2.05, 4.69) is 42.7 Å². The monoisotopic (exact) mass is 672 g/mol. The summed E-state index contributed by atoms with van der Waals surface area (Å²) >= 11 is 0. The summed E-state index contributed by atoms with van der Waals surface area (Å²) in [6.07, 6.45) is 36.3. The number of rotatable bonds is 34. The number of phosphoric acid groups is 1. The van der Waals surface area contributed by atoms with Crippen LogP contribution in [0.2, 0.25) is 0 Å². The van der Waals surface area contributed by atoms with E-state index in [0.29, 0.717) is 12.8 Å². The van der Waals surface area contributed by atoms with Crippen molar-refractivity contribution in [3.63, 3.8) is 0 Å². The number of allylic oxidation sites excluding steroid dienone is 4. The van der Waals surface area contributed by atoms with Crippen LogP contribution in [0, 0.1) is 0 Å².